The van der Waals surface area contributed by atoms with Crippen molar-refractivity contribution in [2.24, 2.45) is 0 Å². The van der Waals surface area contributed by atoms with Crippen molar-refractivity contribution in [3.8, 4) is 22.6 Å². The van der Waals surface area contributed by atoms with Crippen LogP contribution in [0.25, 0.3) is 22.5 Å². The lowest BCUT2D eigenvalue weighted by molar-refractivity contribution is 0.413. The summed E-state index contributed by atoms with van der Waals surface area (Å²) in [6.45, 7) is 0. The summed E-state index contributed by atoms with van der Waals surface area (Å²) >= 11 is 0. The molecule has 22 heavy (non-hydrogen) atoms. The number of hydrogen-bond acceptors (Lipinski definition) is 5. The van der Waals surface area contributed by atoms with E-state index in [1.807, 2.05) is 24.5 Å². The predicted octanol–water partition coefficient (Wildman–Crippen LogP) is 1.99. The molecule has 0 aromatic carbocycles. The van der Waals surface area contributed by atoms with E-state index in [1.165, 1.54) is 0 Å². The lowest BCUT2D eigenvalue weighted by atomic mass is 10.2. The zero-order chi connectivity index (χ0) is 14.9. The van der Waals surface area contributed by atoms with Gasteiger partial charge in [0.1, 0.15) is 11.4 Å². The van der Waals surface area contributed by atoms with Crippen LogP contribution in [-0.2, 0) is 0 Å². The van der Waals surface area contributed by atoms with Crippen molar-refractivity contribution in [2.45, 2.75) is 0 Å². The van der Waals surface area contributed by atoms with Crippen molar-refractivity contribution in [1.82, 2.24) is 29.4 Å². The Bertz CT molecular complexity index is 942. The second kappa shape index (κ2) is 4.96. The minimum atomic E-state index is 0.711. The number of pyridine rings is 1. The second-order valence-electron chi connectivity index (χ2n) is 4.70. The first-order valence-electron chi connectivity index (χ1n) is 6.68. The summed E-state index contributed by atoms with van der Waals surface area (Å²) < 4.78 is 8.67. The Balaban J connectivity index is 1.78. The minimum absolute atomic E-state index is 0.711. The minimum Gasteiger partial charge on any atom is -0.495 e. The molecule has 108 valence electrons. The average molecular weight is 292 g/mol. The lowest BCUT2D eigenvalue weighted by Crippen LogP contribution is -1.95. The Morgan fingerprint density at radius 1 is 1.05 bits per heavy atom. The standard InChI is InChI=1S/C15H12N6O/c1-22-13-5-11(6-16-8-13)12-7-18-21(10-12)14-9-19-20-4-2-3-17-15(14)20/h2-10H,1H3. The van der Waals surface area contributed by atoms with Crippen LogP contribution in [0.15, 0.2) is 55.5 Å². The van der Waals surface area contributed by atoms with Gasteiger partial charge in [0, 0.05) is 35.9 Å². The Morgan fingerprint density at radius 2 is 2.00 bits per heavy atom. The van der Waals surface area contributed by atoms with E-state index in [4.69, 9.17) is 4.74 Å². The molecule has 0 fully saturated rings. The maximum atomic E-state index is 5.20. The van der Waals surface area contributed by atoms with Gasteiger partial charge in [0.05, 0.1) is 25.7 Å². The van der Waals surface area contributed by atoms with E-state index in [0.29, 0.717) is 5.75 Å². The highest BCUT2D eigenvalue weighted by molar-refractivity contribution is 5.64. The number of rotatable bonds is 3. The van der Waals surface area contributed by atoms with E-state index in [0.717, 1.165) is 22.5 Å². The fourth-order valence-electron chi connectivity index (χ4n) is 2.27. The van der Waals surface area contributed by atoms with Crippen LogP contribution in [0.2, 0.25) is 0 Å². The molecule has 4 aromatic rings. The van der Waals surface area contributed by atoms with Gasteiger partial charge in [0.25, 0.3) is 0 Å². The highest BCUT2D eigenvalue weighted by atomic mass is 16.5. The van der Waals surface area contributed by atoms with Crippen molar-refractivity contribution in [3.05, 3.63) is 55.5 Å². The fourth-order valence-corrected chi connectivity index (χ4v) is 2.27. The molecule has 4 rings (SSSR count). The number of aromatic nitrogens is 6. The molecule has 0 aliphatic heterocycles. The van der Waals surface area contributed by atoms with Gasteiger partial charge >= 0.3 is 0 Å². The smallest absolute Gasteiger partial charge is 0.181 e. The molecule has 0 unspecified atom stereocenters. The first kappa shape index (κ1) is 12.5. The molecule has 0 atom stereocenters. The molecule has 0 spiro atoms. The van der Waals surface area contributed by atoms with Gasteiger partial charge in [0.15, 0.2) is 5.65 Å². The SMILES string of the molecule is COc1cncc(-c2cnn(-c3cnn4cccnc34)c2)c1. The molecule has 0 bridgehead atoms. The third-order valence-corrected chi connectivity index (χ3v) is 3.37. The van der Waals surface area contributed by atoms with Crippen LogP contribution < -0.4 is 4.74 Å². The topological polar surface area (TPSA) is 70.1 Å². The zero-order valence-electron chi connectivity index (χ0n) is 11.8. The number of nitrogens with zero attached hydrogens (tertiary/aromatic N) is 6. The van der Waals surface area contributed by atoms with E-state index < -0.39 is 0 Å². The van der Waals surface area contributed by atoms with Gasteiger partial charge in [-0.1, -0.05) is 0 Å². The largest absolute Gasteiger partial charge is 0.495 e. The van der Waals surface area contributed by atoms with E-state index in [1.54, 1.807) is 47.3 Å². The van der Waals surface area contributed by atoms with Crippen LogP contribution in [0.5, 0.6) is 5.75 Å². The van der Waals surface area contributed by atoms with E-state index >= 15 is 0 Å². The second-order valence-corrected chi connectivity index (χ2v) is 4.70. The number of methoxy groups -OCH3 is 1. The Kier molecular flexibility index (Phi) is 2.82. The zero-order valence-corrected chi connectivity index (χ0v) is 11.8. The van der Waals surface area contributed by atoms with Gasteiger partial charge in [0.2, 0.25) is 0 Å². The highest BCUT2D eigenvalue weighted by Crippen LogP contribution is 2.23. The van der Waals surface area contributed by atoms with Crippen LogP contribution in [0.3, 0.4) is 0 Å². The molecular formula is C15H12N6O. The Hall–Kier alpha value is -3.22. The molecule has 0 saturated carbocycles. The lowest BCUT2D eigenvalue weighted by Gasteiger charge is -2.01. The van der Waals surface area contributed by atoms with Crippen LogP contribution in [0, 0.1) is 0 Å². The first-order chi connectivity index (χ1) is 10.8. The highest BCUT2D eigenvalue weighted by Gasteiger charge is 2.10. The quantitative estimate of drug-likeness (QED) is 0.577. The van der Waals surface area contributed by atoms with E-state index in [9.17, 15) is 0 Å². The van der Waals surface area contributed by atoms with Gasteiger partial charge in [-0.15, -0.1) is 0 Å². The van der Waals surface area contributed by atoms with Crippen LogP contribution in [0.1, 0.15) is 0 Å². The normalized spacial score (nSPS) is 11.0. The van der Waals surface area contributed by atoms with Crippen LogP contribution in [-0.4, -0.2) is 36.5 Å². The molecule has 0 N–H and O–H groups in total. The van der Waals surface area contributed by atoms with Gasteiger partial charge in [-0.3, -0.25) is 4.98 Å². The fraction of sp³-hybridized carbons (Fsp3) is 0.0667. The van der Waals surface area contributed by atoms with Gasteiger partial charge in [-0.25, -0.2) is 14.2 Å². The van der Waals surface area contributed by atoms with Crippen molar-refractivity contribution in [1.29, 1.82) is 0 Å². The van der Waals surface area contributed by atoms with Crippen molar-refractivity contribution >= 4 is 5.65 Å². The molecule has 4 heterocycles. The monoisotopic (exact) mass is 292 g/mol. The van der Waals surface area contributed by atoms with Gasteiger partial charge in [-0.05, 0) is 12.1 Å². The van der Waals surface area contributed by atoms with E-state index in [2.05, 4.69) is 20.2 Å². The first-order valence-corrected chi connectivity index (χ1v) is 6.68. The molecule has 4 aromatic heterocycles. The van der Waals surface area contributed by atoms with E-state index in [-0.39, 0.29) is 0 Å². The van der Waals surface area contributed by atoms with Crippen LogP contribution in [0.4, 0.5) is 0 Å². The molecule has 0 aliphatic carbocycles. The summed E-state index contributed by atoms with van der Waals surface area (Å²) in [5.41, 5.74) is 3.46. The van der Waals surface area contributed by atoms with Crippen molar-refractivity contribution < 1.29 is 4.74 Å². The Morgan fingerprint density at radius 3 is 2.91 bits per heavy atom. The summed E-state index contributed by atoms with van der Waals surface area (Å²) in [6.07, 6.45) is 12.5. The number of fused-ring (bicyclic) bond motifs is 1. The molecule has 0 saturated heterocycles. The predicted molar refractivity (Wildman–Crippen MR) is 79.9 cm³/mol. The molecule has 0 aliphatic rings. The molecule has 7 nitrogen and oxygen atoms in total. The molecule has 0 radical (unpaired) electrons. The van der Waals surface area contributed by atoms with Gasteiger partial charge in [-0.2, -0.15) is 10.2 Å². The average Bonchev–Trinajstić information content (AvgIpc) is 3.21. The molecule has 7 heteroatoms. The van der Waals surface area contributed by atoms with Gasteiger partial charge < -0.3 is 4.74 Å². The number of hydrogen-bond donors (Lipinski definition) is 0. The number of ether oxygens (including phenoxy) is 1. The molecule has 0 amide bonds. The maximum Gasteiger partial charge on any atom is 0.181 e. The summed E-state index contributed by atoms with van der Waals surface area (Å²) in [4.78, 5) is 8.50. The van der Waals surface area contributed by atoms with Crippen molar-refractivity contribution in [3.63, 3.8) is 0 Å². The molecular weight excluding hydrogens is 280 g/mol. The summed E-state index contributed by atoms with van der Waals surface area (Å²) in [5.74, 6) is 0.711. The Labute approximate surface area is 125 Å². The maximum absolute atomic E-state index is 5.20. The summed E-state index contributed by atoms with van der Waals surface area (Å²) in [7, 11) is 1.62. The third-order valence-electron chi connectivity index (χ3n) is 3.37. The third kappa shape index (κ3) is 1.99. The van der Waals surface area contributed by atoms with Crippen LogP contribution >= 0.6 is 0 Å². The summed E-state index contributed by atoms with van der Waals surface area (Å²) in [5, 5.41) is 8.66. The summed E-state index contributed by atoms with van der Waals surface area (Å²) in [6, 6.07) is 3.75. The van der Waals surface area contributed by atoms with Crippen molar-refractivity contribution in [2.75, 3.05) is 7.11 Å².